The third kappa shape index (κ3) is 4.36. The molecule has 1 aromatic heterocycles. The summed E-state index contributed by atoms with van der Waals surface area (Å²) in [7, 11) is 3.73. The van der Waals surface area contributed by atoms with Gasteiger partial charge in [0.05, 0.1) is 24.5 Å². The lowest BCUT2D eigenvalue weighted by molar-refractivity contribution is -0.115. The number of anilines is 1. The second-order valence-corrected chi connectivity index (χ2v) is 5.40. The predicted octanol–water partition coefficient (Wildman–Crippen LogP) is 2.53. The highest BCUT2D eigenvalue weighted by Crippen LogP contribution is 2.20. The highest BCUT2D eigenvalue weighted by Gasteiger charge is 2.18. The van der Waals surface area contributed by atoms with Crippen LogP contribution >= 0.6 is 0 Å². The lowest BCUT2D eigenvalue weighted by Crippen LogP contribution is -2.35. The molecule has 2 aromatic rings. The second kappa shape index (κ2) is 7.98. The molecule has 8 heteroatoms. The number of hydrogen-bond donors (Lipinski definition) is 2. The van der Waals surface area contributed by atoms with Crippen molar-refractivity contribution in [2.24, 2.45) is 0 Å². The van der Waals surface area contributed by atoms with E-state index in [-0.39, 0.29) is 12.6 Å². The predicted molar refractivity (Wildman–Crippen MR) is 83.0 cm³/mol. The molecular weight excluding hydrogens is 323 g/mol. The zero-order valence-electron chi connectivity index (χ0n) is 13.3. The maximum Gasteiger partial charge on any atom is 0.238 e. The smallest absolute Gasteiger partial charge is 0.238 e. The summed E-state index contributed by atoms with van der Waals surface area (Å²) < 4.78 is 44.8. The van der Waals surface area contributed by atoms with Gasteiger partial charge in [0.2, 0.25) is 5.91 Å². The maximum absolute atomic E-state index is 13.5. The standard InChI is InChI=1S/C16H18F3N3O2/c1-22(2)12(13-4-3-7-24-13)8-20-9-14(23)21-11-6-5-10(17)15(18)16(11)19/h3-7,12,20H,8-9H2,1-2H3,(H,21,23). The van der Waals surface area contributed by atoms with Crippen molar-refractivity contribution >= 4 is 11.6 Å². The van der Waals surface area contributed by atoms with E-state index in [0.29, 0.717) is 6.54 Å². The monoisotopic (exact) mass is 341 g/mol. The molecule has 5 nitrogen and oxygen atoms in total. The van der Waals surface area contributed by atoms with Crippen LogP contribution in [0.5, 0.6) is 0 Å². The van der Waals surface area contributed by atoms with E-state index in [1.807, 2.05) is 25.1 Å². The van der Waals surface area contributed by atoms with Gasteiger partial charge in [-0.1, -0.05) is 0 Å². The van der Waals surface area contributed by atoms with Crippen molar-refractivity contribution in [2.75, 3.05) is 32.5 Å². The van der Waals surface area contributed by atoms with Gasteiger partial charge in [0.1, 0.15) is 5.76 Å². The number of rotatable bonds is 7. The number of carbonyl (C=O) groups excluding carboxylic acids is 1. The van der Waals surface area contributed by atoms with E-state index < -0.39 is 29.0 Å². The molecule has 0 saturated heterocycles. The minimum absolute atomic E-state index is 0.0900. The third-order valence-electron chi connectivity index (χ3n) is 3.43. The molecule has 1 amide bonds. The zero-order valence-corrected chi connectivity index (χ0v) is 13.3. The first kappa shape index (κ1) is 18.0. The summed E-state index contributed by atoms with van der Waals surface area (Å²) in [6.07, 6.45) is 1.56. The third-order valence-corrected chi connectivity index (χ3v) is 3.43. The number of hydrogen-bond acceptors (Lipinski definition) is 4. The molecule has 0 spiro atoms. The molecule has 1 heterocycles. The van der Waals surface area contributed by atoms with Crippen molar-refractivity contribution in [2.45, 2.75) is 6.04 Å². The average molecular weight is 341 g/mol. The van der Waals surface area contributed by atoms with E-state index in [4.69, 9.17) is 4.42 Å². The Morgan fingerprint density at radius 3 is 2.58 bits per heavy atom. The Hall–Kier alpha value is -2.32. The van der Waals surface area contributed by atoms with Crippen molar-refractivity contribution in [3.63, 3.8) is 0 Å². The molecule has 130 valence electrons. The van der Waals surface area contributed by atoms with E-state index >= 15 is 0 Å². The lowest BCUT2D eigenvalue weighted by atomic mass is 10.2. The maximum atomic E-state index is 13.5. The number of nitrogens with one attached hydrogen (secondary N) is 2. The summed E-state index contributed by atoms with van der Waals surface area (Å²) in [5.41, 5.74) is -0.407. The van der Waals surface area contributed by atoms with Crippen LogP contribution < -0.4 is 10.6 Å². The van der Waals surface area contributed by atoms with E-state index in [1.165, 1.54) is 0 Å². The molecular formula is C16H18F3N3O2. The van der Waals surface area contributed by atoms with Crippen molar-refractivity contribution in [1.29, 1.82) is 0 Å². The Morgan fingerprint density at radius 2 is 1.96 bits per heavy atom. The second-order valence-electron chi connectivity index (χ2n) is 5.40. The molecule has 0 aliphatic rings. The van der Waals surface area contributed by atoms with E-state index in [0.717, 1.165) is 17.9 Å². The summed E-state index contributed by atoms with van der Waals surface area (Å²) in [6.45, 7) is 0.289. The highest BCUT2D eigenvalue weighted by molar-refractivity contribution is 5.92. The van der Waals surface area contributed by atoms with Crippen molar-refractivity contribution < 1.29 is 22.4 Å². The molecule has 0 bridgehead atoms. The molecule has 1 atom stereocenters. The fraction of sp³-hybridized carbons (Fsp3) is 0.312. The van der Waals surface area contributed by atoms with E-state index in [1.54, 1.807) is 12.3 Å². The molecule has 0 radical (unpaired) electrons. The first-order valence-corrected chi connectivity index (χ1v) is 7.24. The van der Waals surface area contributed by atoms with E-state index in [9.17, 15) is 18.0 Å². The number of furan rings is 1. The zero-order chi connectivity index (χ0) is 17.7. The lowest BCUT2D eigenvalue weighted by Gasteiger charge is -2.22. The Bertz CT molecular complexity index is 690. The number of halogens is 3. The van der Waals surface area contributed by atoms with Gasteiger partial charge in [0.15, 0.2) is 17.5 Å². The first-order chi connectivity index (χ1) is 11.4. The van der Waals surface area contributed by atoms with Crippen LogP contribution in [0.2, 0.25) is 0 Å². The van der Waals surface area contributed by atoms with Crippen molar-refractivity contribution in [1.82, 2.24) is 10.2 Å². The van der Waals surface area contributed by atoms with Crippen molar-refractivity contribution in [3.05, 3.63) is 53.7 Å². The summed E-state index contributed by atoms with van der Waals surface area (Å²) in [5.74, 6) is -4.19. The van der Waals surface area contributed by atoms with Crippen LogP contribution in [0, 0.1) is 17.5 Å². The highest BCUT2D eigenvalue weighted by atomic mass is 19.2. The molecule has 1 unspecified atom stereocenters. The van der Waals surface area contributed by atoms with Gasteiger partial charge >= 0.3 is 0 Å². The first-order valence-electron chi connectivity index (χ1n) is 7.24. The molecule has 0 fully saturated rings. The average Bonchev–Trinajstić information content (AvgIpc) is 3.06. The van der Waals surface area contributed by atoms with Crippen LogP contribution in [0.25, 0.3) is 0 Å². The molecule has 0 aliphatic carbocycles. The number of likely N-dealkylation sites (N-methyl/N-ethyl adjacent to an activating group) is 1. The summed E-state index contributed by atoms with van der Waals surface area (Å²) in [5, 5.41) is 5.11. The molecule has 2 rings (SSSR count). The topological polar surface area (TPSA) is 57.5 Å². The van der Waals surface area contributed by atoms with Crippen LogP contribution in [0.3, 0.4) is 0 Å². The minimum Gasteiger partial charge on any atom is -0.468 e. The van der Waals surface area contributed by atoms with Crippen LogP contribution in [0.15, 0.2) is 34.9 Å². The fourth-order valence-corrected chi connectivity index (χ4v) is 2.16. The van der Waals surface area contributed by atoms with Gasteiger partial charge in [0.25, 0.3) is 0 Å². The number of amides is 1. The number of benzene rings is 1. The van der Waals surface area contributed by atoms with Gasteiger partial charge in [-0.3, -0.25) is 9.69 Å². The van der Waals surface area contributed by atoms with Crippen LogP contribution in [0.1, 0.15) is 11.8 Å². The van der Waals surface area contributed by atoms with Crippen LogP contribution in [-0.2, 0) is 4.79 Å². The van der Waals surface area contributed by atoms with E-state index in [2.05, 4.69) is 10.6 Å². The fourth-order valence-electron chi connectivity index (χ4n) is 2.16. The molecule has 2 N–H and O–H groups in total. The van der Waals surface area contributed by atoms with Crippen LogP contribution in [-0.4, -0.2) is 38.0 Å². The SMILES string of the molecule is CN(C)C(CNCC(=O)Nc1ccc(F)c(F)c1F)c1ccco1. The van der Waals surface area contributed by atoms with Gasteiger partial charge < -0.3 is 15.1 Å². The Labute approximate surface area is 137 Å². The Kier molecular flexibility index (Phi) is 5.99. The summed E-state index contributed by atoms with van der Waals surface area (Å²) in [6, 6.07) is 5.22. The molecule has 0 aliphatic heterocycles. The Balaban J connectivity index is 1.88. The number of carbonyl (C=O) groups is 1. The minimum atomic E-state index is -1.62. The largest absolute Gasteiger partial charge is 0.468 e. The normalized spacial score (nSPS) is 12.4. The van der Waals surface area contributed by atoms with Gasteiger partial charge in [-0.05, 0) is 38.4 Å². The van der Waals surface area contributed by atoms with Gasteiger partial charge in [0, 0.05) is 6.54 Å². The summed E-state index contributed by atoms with van der Waals surface area (Å²) in [4.78, 5) is 13.7. The quantitative estimate of drug-likeness (QED) is 0.760. The molecule has 24 heavy (non-hydrogen) atoms. The van der Waals surface area contributed by atoms with Crippen molar-refractivity contribution in [3.8, 4) is 0 Å². The molecule has 1 aromatic carbocycles. The van der Waals surface area contributed by atoms with Crippen LogP contribution in [0.4, 0.5) is 18.9 Å². The summed E-state index contributed by atoms with van der Waals surface area (Å²) >= 11 is 0. The van der Waals surface area contributed by atoms with Gasteiger partial charge in [-0.15, -0.1) is 0 Å². The Morgan fingerprint density at radius 1 is 1.21 bits per heavy atom. The van der Waals surface area contributed by atoms with Gasteiger partial charge in [-0.2, -0.15) is 0 Å². The van der Waals surface area contributed by atoms with Gasteiger partial charge in [-0.25, -0.2) is 13.2 Å². The molecule has 0 saturated carbocycles. The number of nitrogens with zero attached hydrogens (tertiary/aromatic N) is 1.